The zero-order valence-electron chi connectivity index (χ0n) is 20.7. The van der Waals surface area contributed by atoms with Crippen LogP contribution in [0.4, 0.5) is 0 Å². The Labute approximate surface area is 218 Å². The van der Waals surface area contributed by atoms with Gasteiger partial charge < -0.3 is 49.2 Å². The molecule has 0 spiro atoms. The minimum absolute atomic E-state index is 0.0405. The van der Waals surface area contributed by atoms with E-state index in [4.69, 9.17) is 28.8 Å². The first kappa shape index (κ1) is 29.7. The molecule has 1 saturated heterocycles. The molecule has 2 aliphatic rings. The van der Waals surface area contributed by atoms with E-state index in [2.05, 4.69) is 9.98 Å². The van der Waals surface area contributed by atoms with Crippen molar-refractivity contribution in [2.45, 2.75) is 50.1 Å². The molecule has 14 heteroatoms. The predicted molar refractivity (Wildman–Crippen MR) is 131 cm³/mol. The Morgan fingerprint density at radius 1 is 1.11 bits per heavy atom. The third-order valence-electron chi connectivity index (χ3n) is 5.87. The van der Waals surface area contributed by atoms with Crippen LogP contribution in [0, 0.1) is 0 Å². The maximum Gasteiger partial charge on any atom is 0.186 e. The Balaban J connectivity index is 1.26. The molecule has 0 aliphatic carbocycles. The lowest BCUT2D eigenvalue weighted by atomic mass is 9.99. The first-order valence-corrected chi connectivity index (χ1v) is 12.8. The van der Waals surface area contributed by atoms with E-state index >= 15 is 0 Å². The van der Waals surface area contributed by atoms with Crippen LogP contribution in [0.25, 0.3) is 0 Å². The van der Waals surface area contributed by atoms with Crippen LogP contribution in [0.1, 0.15) is 19.5 Å². The molecule has 5 N–H and O–H groups in total. The van der Waals surface area contributed by atoms with Crippen molar-refractivity contribution in [1.29, 1.82) is 0 Å². The number of aliphatic hydroxyl groups is 4. The summed E-state index contributed by atoms with van der Waals surface area (Å²) in [6, 6.07) is 1.44. The quantitative estimate of drug-likeness (QED) is 0.176. The Morgan fingerprint density at radius 2 is 1.78 bits per heavy atom. The molecule has 6 atom stereocenters. The molecule has 0 bridgehead atoms. The number of carbonyl (C=O) groups excluding carboxylic acids is 1. The lowest BCUT2D eigenvalue weighted by Crippen LogP contribution is -2.59. The number of ether oxygens (including phenoxy) is 5. The number of nitrogens with zero attached hydrogens (tertiary/aromatic N) is 2. The third-order valence-corrected chi connectivity index (χ3v) is 7.13. The zero-order chi connectivity index (χ0) is 27.0. The number of rotatable bonds is 14. The molecule has 1 aromatic rings. The van der Waals surface area contributed by atoms with Crippen molar-refractivity contribution >= 4 is 22.6 Å². The molecule has 3 rings (SSSR count). The second-order valence-electron chi connectivity index (χ2n) is 8.72. The summed E-state index contributed by atoms with van der Waals surface area (Å²) in [7, 11) is 0. The van der Waals surface area contributed by atoms with Crippen LogP contribution in [-0.4, -0.2) is 130 Å². The minimum atomic E-state index is -1.49. The highest BCUT2D eigenvalue weighted by atomic mass is 32.2. The molecule has 0 saturated carbocycles. The maximum atomic E-state index is 11.8. The van der Waals surface area contributed by atoms with Gasteiger partial charge in [-0.2, -0.15) is 0 Å². The molecule has 3 heterocycles. The smallest absolute Gasteiger partial charge is 0.186 e. The molecular weight excluding hydrogens is 512 g/mol. The van der Waals surface area contributed by atoms with E-state index in [-0.39, 0.29) is 51.2 Å². The zero-order valence-corrected chi connectivity index (χ0v) is 21.5. The second-order valence-corrected chi connectivity index (χ2v) is 9.68. The number of Topliss-reactive ketones (excluding diaryl/α,β-unsaturated/α-hetero) is 1. The fourth-order valence-corrected chi connectivity index (χ4v) is 4.69. The summed E-state index contributed by atoms with van der Waals surface area (Å²) in [4.78, 5) is 20.4. The second kappa shape index (κ2) is 13.8. The molecule has 0 aromatic carbocycles. The first-order chi connectivity index (χ1) is 17.7. The fraction of sp³-hybridized carbons (Fsp3) is 0.696. The summed E-state index contributed by atoms with van der Waals surface area (Å²) >= 11 is 1.37. The van der Waals surface area contributed by atoms with Crippen molar-refractivity contribution in [2.75, 3.05) is 52.0 Å². The summed E-state index contributed by atoms with van der Waals surface area (Å²) in [5, 5.41) is 49.4. The standard InChI is InChI=1S/C23H34N2O11S/c1-13(27)23(2)12-37-21(25-23)17-15(28)9-14(10-24-17)34-7-5-32-3-4-33-6-8-35-22-20(31)19(30)18(29)16(11-26)36-22/h9-10,16,18-20,22,26,28-31H,3-8,11-12H2,1-2H3/t16?,18-,19?,20+,22+,23-/m1/s1. The highest BCUT2D eigenvalue weighted by molar-refractivity contribution is 8.14. The molecule has 2 unspecified atom stereocenters. The Kier molecular flexibility index (Phi) is 11.0. The number of carbonyl (C=O) groups is 1. The van der Waals surface area contributed by atoms with E-state index in [1.807, 2.05) is 0 Å². The largest absolute Gasteiger partial charge is 0.505 e. The average molecular weight is 547 g/mol. The average Bonchev–Trinajstić information content (AvgIpc) is 3.28. The molecular formula is C23H34N2O11S. The van der Waals surface area contributed by atoms with Gasteiger partial charge in [-0.05, 0) is 13.8 Å². The van der Waals surface area contributed by atoms with E-state index in [9.17, 15) is 25.2 Å². The van der Waals surface area contributed by atoms with Crippen LogP contribution in [0.3, 0.4) is 0 Å². The maximum absolute atomic E-state index is 11.8. The minimum Gasteiger partial charge on any atom is -0.505 e. The van der Waals surface area contributed by atoms with E-state index in [1.54, 1.807) is 6.92 Å². The van der Waals surface area contributed by atoms with E-state index in [0.717, 1.165) is 0 Å². The van der Waals surface area contributed by atoms with Gasteiger partial charge in [0.2, 0.25) is 0 Å². The van der Waals surface area contributed by atoms with Crippen LogP contribution in [0.5, 0.6) is 11.5 Å². The van der Waals surface area contributed by atoms with Gasteiger partial charge in [-0.3, -0.25) is 9.79 Å². The predicted octanol–water partition coefficient (Wildman–Crippen LogP) is -1.14. The molecule has 208 valence electrons. The normalized spacial score (nSPS) is 29.8. The molecule has 13 nitrogen and oxygen atoms in total. The number of aromatic nitrogens is 1. The number of hydrogen-bond acceptors (Lipinski definition) is 14. The number of aromatic hydroxyl groups is 1. The highest BCUT2D eigenvalue weighted by Gasteiger charge is 2.44. The molecule has 1 fully saturated rings. The van der Waals surface area contributed by atoms with Gasteiger partial charge in [-0.15, -0.1) is 11.8 Å². The van der Waals surface area contributed by atoms with Gasteiger partial charge in [0.1, 0.15) is 58.8 Å². The van der Waals surface area contributed by atoms with Crippen LogP contribution in [0.15, 0.2) is 17.3 Å². The lowest BCUT2D eigenvalue weighted by Gasteiger charge is -2.39. The third kappa shape index (κ3) is 7.81. The van der Waals surface area contributed by atoms with Crippen LogP contribution >= 0.6 is 11.8 Å². The van der Waals surface area contributed by atoms with Crippen molar-refractivity contribution in [3.05, 3.63) is 18.0 Å². The van der Waals surface area contributed by atoms with E-state index in [0.29, 0.717) is 22.2 Å². The van der Waals surface area contributed by atoms with Gasteiger partial charge in [-0.1, -0.05) is 0 Å². The van der Waals surface area contributed by atoms with Gasteiger partial charge >= 0.3 is 0 Å². The molecule has 0 amide bonds. The van der Waals surface area contributed by atoms with Crippen LogP contribution in [-0.2, 0) is 23.7 Å². The number of ketones is 1. The monoisotopic (exact) mass is 546 g/mol. The van der Waals surface area contributed by atoms with E-state index < -0.39 is 42.9 Å². The fourth-order valence-electron chi connectivity index (χ4n) is 3.45. The molecule has 0 radical (unpaired) electrons. The molecule has 2 aliphatic heterocycles. The Bertz CT molecular complexity index is 934. The number of pyridine rings is 1. The Hall–Kier alpha value is -1.88. The number of aliphatic imine (C=N–C) groups is 1. The van der Waals surface area contributed by atoms with Gasteiger partial charge in [0.25, 0.3) is 0 Å². The Morgan fingerprint density at radius 3 is 2.41 bits per heavy atom. The number of hydrogen-bond donors (Lipinski definition) is 5. The van der Waals surface area contributed by atoms with Crippen molar-refractivity contribution in [2.24, 2.45) is 4.99 Å². The number of aliphatic hydroxyl groups excluding tert-OH is 4. The highest BCUT2D eigenvalue weighted by Crippen LogP contribution is 2.34. The van der Waals surface area contributed by atoms with E-state index in [1.165, 1.54) is 30.9 Å². The van der Waals surface area contributed by atoms with Crippen molar-refractivity contribution in [1.82, 2.24) is 4.98 Å². The van der Waals surface area contributed by atoms with Gasteiger partial charge in [0.15, 0.2) is 12.1 Å². The summed E-state index contributed by atoms with van der Waals surface area (Å²) in [5.74, 6) is 0.742. The topological polar surface area (TPSA) is 190 Å². The van der Waals surface area contributed by atoms with Crippen molar-refractivity contribution < 1.29 is 54.0 Å². The summed E-state index contributed by atoms with van der Waals surface area (Å²) in [6.07, 6.45) is -5.12. The van der Waals surface area contributed by atoms with Crippen molar-refractivity contribution in [3.8, 4) is 11.5 Å². The molecule has 37 heavy (non-hydrogen) atoms. The lowest BCUT2D eigenvalue weighted by molar-refractivity contribution is -0.302. The van der Waals surface area contributed by atoms with Gasteiger partial charge in [0, 0.05) is 11.8 Å². The summed E-state index contributed by atoms with van der Waals surface area (Å²) < 4.78 is 26.9. The SMILES string of the molecule is CC(=O)[C@@]1(C)CSC(c2ncc(OCCOCCOCCO[C@H]3OC(CO)[C@@H](O)C(O)[C@@H]3O)cc2O)=N1. The summed E-state index contributed by atoms with van der Waals surface area (Å²) in [5.41, 5.74) is -0.493. The summed E-state index contributed by atoms with van der Waals surface area (Å²) in [6.45, 7) is 4.00. The van der Waals surface area contributed by atoms with Crippen LogP contribution in [0.2, 0.25) is 0 Å². The van der Waals surface area contributed by atoms with Crippen molar-refractivity contribution in [3.63, 3.8) is 0 Å². The molecule has 1 aromatic heterocycles. The number of thioether (sulfide) groups is 1. The first-order valence-electron chi connectivity index (χ1n) is 11.8. The van der Waals surface area contributed by atoms with Gasteiger partial charge in [0.05, 0.1) is 45.8 Å². The van der Waals surface area contributed by atoms with Crippen LogP contribution < -0.4 is 4.74 Å². The van der Waals surface area contributed by atoms with Gasteiger partial charge in [-0.25, -0.2) is 4.98 Å².